The van der Waals surface area contributed by atoms with E-state index >= 15 is 0 Å². The maximum absolute atomic E-state index is 13.5. The maximum atomic E-state index is 13.5. The van der Waals surface area contributed by atoms with Crippen LogP contribution in [0.2, 0.25) is 0 Å². The first-order chi connectivity index (χ1) is 21.6. The van der Waals surface area contributed by atoms with Crippen molar-refractivity contribution in [2.45, 2.75) is 79.9 Å². The third kappa shape index (κ3) is 7.62. The first-order valence-corrected chi connectivity index (χ1v) is 15.7. The largest absolute Gasteiger partial charge is 0.442 e. The summed E-state index contributed by atoms with van der Waals surface area (Å²) in [7, 11) is 0. The van der Waals surface area contributed by atoms with Crippen LogP contribution < -0.4 is 22.1 Å². The van der Waals surface area contributed by atoms with Crippen molar-refractivity contribution >= 4 is 29.3 Å². The molecule has 1 aliphatic heterocycles. The van der Waals surface area contributed by atoms with E-state index in [4.69, 9.17) is 21.2 Å². The zero-order chi connectivity index (χ0) is 33.9. The Bertz CT molecular complexity index is 1630. The van der Waals surface area contributed by atoms with Gasteiger partial charge in [-0.3, -0.25) is 4.79 Å². The summed E-state index contributed by atoms with van der Waals surface area (Å²) in [6.07, 6.45) is -0.141. The van der Waals surface area contributed by atoms with Crippen molar-refractivity contribution < 1.29 is 24.0 Å². The predicted octanol–water partition coefficient (Wildman–Crippen LogP) is 5.84. The third-order valence-electron chi connectivity index (χ3n) is 8.67. The third-order valence-corrected chi connectivity index (χ3v) is 8.67. The van der Waals surface area contributed by atoms with Crippen molar-refractivity contribution in [1.29, 1.82) is 0 Å². The monoisotopic (exact) mass is 629 g/mol. The fraction of sp³-hybridized carbons (Fsp3) is 0.417. The minimum Gasteiger partial charge on any atom is -0.442 e. The van der Waals surface area contributed by atoms with Crippen LogP contribution in [-0.2, 0) is 27.3 Å². The normalized spacial score (nSPS) is 14.2. The van der Waals surface area contributed by atoms with Crippen LogP contribution in [0.4, 0.5) is 16.2 Å². The number of nitrogens with one attached hydrogen (secondary N) is 1. The van der Waals surface area contributed by atoms with Gasteiger partial charge in [-0.2, -0.15) is 0 Å². The number of hydrogen-bond donors (Lipinski definition) is 3. The molecule has 0 bridgehead atoms. The maximum Gasteiger partial charge on any atom is 0.441 e. The number of nitrogen functional groups attached to an aromatic ring is 1. The number of hydroxylamine groups is 1. The standard InChI is InChI=1S/C36H47N5O5/c1-9-41(38)30-15-14-29(23(4)32(30)37)31(24(5)34(43)46-39-35(44)45-36(6,7)8)26-13-12-25-16-17-40(20-28(25)19-26)33(42)27-11-10-21(2)22(3)18-27/h10-15,18-19,24,31H,9,16-17,20,37-38H2,1-8H3,(H,39,44). The van der Waals surface area contributed by atoms with E-state index in [9.17, 15) is 14.4 Å². The lowest BCUT2D eigenvalue weighted by atomic mass is 9.78. The van der Waals surface area contributed by atoms with Gasteiger partial charge in [0.05, 0.1) is 17.3 Å². The molecule has 3 aromatic rings. The number of rotatable bonds is 7. The van der Waals surface area contributed by atoms with Crippen LogP contribution in [0.15, 0.2) is 48.5 Å². The van der Waals surface area contributed by atoms with Crippen molar-refractivity contribution in [2.75, 3.05) is 23.8 Å². The Morgan fingerprint density at radius 2 is 1.72 bits per heavy atom. The predicted molar refractivity (Wildman–Crippen MR) is 180 cm³/mol. The molecular weight excluding hydrogens is 582 g/mol. The second-order valence-corrected chi connectivity index (χ2v) is 13.1. The van der Waals surface area contributed by atoms with Crippen LogP contribution in [0.1, 0.15) is 89.8 Å². The number of nitrogens with zero attached hydrogens (tertiary/aromatic N) is 2. The molecule has 0 spiro atoms. The molecule has 246 valence electrons. The molecule has 1 aliphatic rings. The van der Waals surface area contributed by atoms with E-state index in [1.54, 1.807) is 32.7 Å². The van der Waals surface area contributed by atoms with Gasteiger partial charge in [0.1, 0.15) is 5.60 Å². The number of fused-ring (bicyclic) bond motifs is 1. The van der Waals surface area contributed by atoms with E-state index in [2.05, 4.69) is 17.6 Å². The lowest BCUT2D eigenvalue weighted by Gasteiger charge is -2.32. The van der Waals surface area contributed by atoms with E-state index in [1.165, 1.54) is 0 Å². The number of hydrazine groups is 1. The van der Waals surface area contributed by atoms with E-state index in [1.807, 2.05) is 69.0 Å². The molecule has 0 aliphatic carbocycles. The van der Waals surface area contributed by atoms with Crippen LogP contribution in [0, 0.1) is 26.7 Å². The lowest BCUT2D eigenvalue weighted by molar-refractivity contribution is -0.155. The van der Waals surface area contributed by atoms with Gasteiger partial charge in [0.2, 0.25) is 0 Å². The van der Waals surface area contributed by atoms with E-state index in [-0.39, 0.29) is 5.91 Å². The Kier molecular flexibility index (Phi) is 10.3. The summed E-state index contributed by atoms with van der Waals surface area (Å²) < 4.78 is 5.22. The van der Waals surface area contributed by atoms with Crippen LogP contribution in [0.5, 0.6) is 0 Å². The van der Waals surface area contributed by atoms with Crippen LogP contribution >= 0.6 is 0 Å². The van der Waals surface area contributed by atoms with Crippen LogP contribution in [0.3, 0.4) is 0 Å². The van der Waals surface area contributed by atoms with Crippen molar-refractivity contribution in [1.82, 2.24) is 10.4 Å². The molecule has 0 radical (unpaired) electrons. The van der Waals surface area contributed by atoms with Gasteiger partial charge in [-0.25, -0.2) is 15.4 Å². The molecule has 10 heteroatoms. The molecule has 2 unspecified atom stereocenters. The van der Waals surface area contributed by atoms with Gasteiger partial charge >= 0.3 is 12.1 Å². The van der Waals surface area contributed by atoms with E-state index in [0.29, 0.717) is 36.6 Å². The number of ether oxygens (including phenoxy) is 1. The van der Waals surface area contributed by atoms with Gasteiger partial charge in [-0.15, -0.1) is 5.48 Å². The van der Waals surface area contributed by atoms with E-state index in [0.717, 1.165) is 45.4 Å². The van der Waals surface area contributed by atoms with Gasteiger partial charge in [0, 0.05) is 31.1 Å². The Labute approximate surface area is 271 Å². The summed E-state index contributed by atoms with van der Waals surface area (Å²) in [6, 6.07) is 15.7. The second-order valence-electron chi connectivity index (χ2n) is 13.1. The average Bonchev–Trinajstić information content (AvgIpc) is 3.01. The topological polar surface area (TPSA) is 140 Å². The molecule has 5 N–H and O–H groups in total. The molecule has 2 atom stereocenters. The lowest BCUT2D eigenvalue weighted by Crippen LogP contribution is -2.37. The SMILES string of the molecule is CCN(N)c1ccc(C(c2ccc3c(c2)CN(C(=O)c2ccc(C)c(C)c2)CC3)C(C)C(=O)ONC(=O)OC(C)(C)C)c(C)c1N. The molecule has 1 heterocycles. The highest BCUT2D eigenvalue weighted by molar-refractivity contribution is 5.94. The minimum atomic E-state index is -0.862. The Balaban J connectivity index is 1.69. The minimum absolute atomic E-state index is 0.0117. The first-order valence-electron chi connectivity index (χ1n) is 15.7. The smallest absolute Gasteiger partial charge is 0.441 e. The quantitative estimate of drug-likeness (QED) is 0.168. The van der Waals surface area contributed by atoms with Gasteiger partial charge in [-0.1, -0.05) is 37.3 Å². The highest BCUT2D eigenvalue weighted by atomic mass is 16.7. The van der Waals surface area contributed by atoms with E-state index < -0.39 is 29.5 Å². The number of carbonyl (C=O) groups excluding carboxylic acids is 3. The average molecular weight is 630 g/mol. The summed E-state index contributed by atoms with van der Waals surface area (Å²) in [4.78, 5) is 46.3. The number of carbonyl (C=O) groups is 3. The van der Waals surface area contributed by atoms with Crippen molar-refractivity contribution in [3.8, 4) is 0 Å². The molecule has 3 aromatic carbocycles. The van der Waals surface area contributed by atoms with Gasteiger partial charge < -0.3 is 25.2 Å². The molecule has 4 rings (SSSR count). The fourth-order valence-electron chi connectivity index (χ4n) is 5.85. The highest BCUT2D eigenvalue weighted by Crippen LogP contribution is 2.40. The highest BCUT2D eigenvalue weighted by Gasteiger charge is 2.33. The number of benzene rings is 3. The summed E-state index contributed by atoms with van der Waals surface area (Å²) >= 11 is 0. The molecule has 46 heavy (non-hydrogen) atoms. The molecule has 2 amide bonds. The number of hydrogen-bond acceptors (Lipinski definition) is 8. The number of aryl methyl sites for hydroxylation is 2. The summed E-state index contributed by atoms with van der Waals surface area (Å²) in [6.45, 7) is 16.4. The molecule has 0 aromatic heterocycles. The number of amides is 2. The van der Waals surface area contributed by atoms with Crippen molar-refractivity contribution in [3.63, 3.8) is 0 Å². The molecular formula is C36H47N5O5. The molecule has 0 saturated carbocycles. The Morgan fingerprint density at radius 3 is 2.37 bits per heavy atom. The zero-order valence-corrected chi connectivity index (χ0v) is 28.2. The summed E-state index contributed by atoms with van der Waals surface area (Å²) in [5, 5.41) is 1.57. The second kappa shape index (κ2) is 13.8. The molecule has 10 nitrogen and oxygen atoms in total. The van der Waals surface area contributed by atoms with Crippen LogP contribution in [0.25, 0.3) is 0 Å². The number of nitrogens with two attached hydrogens (primary N) is 2. The summed E-state index contributed by atoms with van der Waals surface area (Å²) in [5.41, 5.74) is 16.7. The van der Waals surface area contributed by atoms with Gasteiger partial charge in [-0.05, 0) is 112 Å². The van der Waals surface area contributed by atoms with Crippen molar-refractivity contribution in [3.05, 3.63) is 93.0 Å². The Morgan fingerprint density at radius 1 is 1.00 bits per heavy atom. The first kappa shape index (κ1) is 34.3. The summed E-state index contributed by atoms with van der Waals surface area (Å²) in [5.74, 6) is 4.30. The van der Waals surface area contributed by atoms with Gasteiger partial charge in [0.25, 0.3) is 5.91 Å². The fourth-order valence-corrected chi connectivity index (χ4v) is 5.85. The molecule has 0 fully saturated rings. The zero-order valence-electron chi connectivity index (χ0n) is 28.2. The Hall–Kier alpha value is -4.57. The van der Waals surface area contributed by atoms with Crippen molar-refractivity contribution in [2.24, 2.45) is 11.8 Å². The van der Waals surface area contributed by atoms with Gasteiger partial charge in [0.15, 0.2) is 0 Å². The van der Waals surface area contributed by atoms with Crippen LogP contribution in [-0.4, -0.2) is 41.6 Å². The number of anilines is 2. The molecule has 0 saturated heterocycles.